The van der Waals surface area contributed by atoms with E-state index in [-0.39, 0.29) is 11.8 Å². The predicted octanol–water partition coefficient (Wildman–Crippen LogP) is 1.67. The van der Waals surface area contributed by atoms with Crippen molar-refractivity contribution in [2.45, 2.75) is 25.3 Å². The Kier molecular flexibility index (Phi) is 4.09. The smallest absolute Gasteiger partial charge is 0.257 e. The van der Waals surface area contributed by atoms with Crippen LogP contribution in [0, 0.1) is 0 Å². The Bertz CT molecular complexity index is 837. The molecular formula is C17H20N6O2. The molecule has 130 valence electrons. The Balaban J connectivity index is 1.50. The Morgan fingerprint density at radius 3 is 3.08 bits per heavy atom. The van der Waals surface area contributed by atoms with Gasteiger partial charge in [-0.15, -0.1) is 10.2 Å². The maximum absolute atomic E-state index is 12.6. The van der Waals surface area contributed by atoms with Crippen molar-refractivity contribution in [3.05, 3.63) is 54.5 Å². The zero-order chi connectivity index (χ0) is 17.2. The van der Waals surface area contributed by atoms with Crippen molar-refractivity contribution in [2.75, 3.05) is 13.1 Å². The molecule has 0 aliphatic carbocycles. The van der Waals surface area contributed by atoms with Gasteiger partial charge in [-0.2, -0.15) is 0 Å². The molecule has 0 spiro atoms. The SMILES string of the molecule is Cn1c(Cn2ccnc2)nnc1[C@@H]1CCCN(C(=O)c2ccoc2)C1. The van der Waals surface area contributed by atoms with Gasteiger partial charge in [0.05, 0.1) is 24.7 Å². The summed E-state index contributed by atoms with van der Waals surface area (Å²) in [6, 6.07) is 1.71. The van der Waals surface area contributed by atoms with E-state index in [1.807, 2.05) is 27.3 Å². The quantitative estimate of drug-likeness (QED) is 0.721. The predicted molar refractivity (Wildman–Crippen MR) is 88.9 cm³/mol. The number of nitrogens with zero attached hydrogens (tertiary/aromatic N) is 6. The summed E-state index contributed by atoms with van der Waals surface area (Å²) in [5.74, 6) is 2.02. The van der Waals surface area contributed by atoms with Crippen LogP contribution in [-0.4, -0.2) is 48.2 Å². The maximum Gasteiger partial charge on any atom is 0.257 e. The van der Waals surface area contributed by atoms with Gasteiger partial charge in [-0.3, -0.25) is 4.79 Å². The highest BCUT2D eigenvalue weighted by Gasteiger charge is 2.29. The number of carbonyl (C=O) groups excluding carboxylic acids is 1. The van der Waals surface area contributed by atoms with Crippen LogP contribution < -0.4 is 0 Å². The van der Waals surface area contributed by atoms with E-state index in [0.29, 0.717) is 18.7 Å². The lowest BCUT2D eigenvalue weighted by Crippen LogP contribution is -2.39. The summed E-state index contributed by atoms with van der Waals surface area (Å²) in [4.78, 5) is 18.5. The lowest BCUT2D eigenvalue weighted by atomic mass is 9.96. The van der Waals surface area contributed by atoms with Crippen LogP contribution in [0.2, 0.25) is 0 Å². The molecule has 0 aromatic carbocycles. The van der Waals surface area contributed by atoms with Gasteiger partial charge in [-0.1, -0.05) is 0 Å². The minimum Gasteiger partial charge on any atom is -0.472 e. The van der Waals surface area contributed by atoms with Gasteiger partial charge in [0.15, 0.2) is 5.82 Å². The van der Waals surface area contributed by atoms with Crippen LogP contribution in [0.25, 0.3) is 0 Å². The topological polar surface area (TPSA) is 82.0 Å². The molecule has 3 aromatic rings. The number of carbonyl (C=O) groups is 1. The molecule has 0 bridgehead atoms. The third-order valence-electron chi connectivity index (χ3n) is 4.72. The molecule has 1 saturated heterocycles. The van der Waals surface area contributed by atoms with E-state index in [1.165, 1.54) is 12.5 Å². The first-order valence-corrected chi connectivity index (χ1v) is 8.37. The number of likely N-dealkylation sites (tertiary alicyclic amines) is 1. The largest absolute Gasteiger partial charge is 0.472 e. The van der Waals surface area contributed by atoms with Crippen LogP contribution in [0.3, 0.4) is 0 Å². The summed E-state index contributed by atoms with van der Waals surface area (Å²) in [7, 11) is 1.98. The third-order valence-corrected chi connectivity index (χ3v) is 4.72. The van der Waals surface area contributed by atoms with Crippen LogP contribution in [0.5, 0.6) is 0 Å². The van der Waals surface area contributed by atoms with E-state index < -0.39 is 0 Å². The molecule has 25 heavy (non-hydrogen) atoms. The van der Waals surface area contributed by atoms with Crippen molar-refractivity contribution in [1.29, 1.82) is 0 Å². The molecule has 4 heterocycles. The van der Waals surface area contributed by atoms with Gasteiger partial charge < -0.3 is 18.5 Å². The first-order valence-electron chi connectivity index (χ1n) is 8.37. The van der Waals surface area contributed by atoms with Crippen LogP contribution in [-0.2, 0) is 13.6 Å². The molecule has 0 N–H and O–H groups in total. The molecule has 0 unspecified atom stereocenters. The monoisotopic (exact) mass is 340 g/mol. The van der Waals surface area contributed by atoms with Crippen LogP contribution in [0.15, 0.2) is 41.7 Å². The van der Waals surface area contributed by atoms with Crippen molar-refractivity contribution < 1.29 is 9.21 Å². The number of imidazole rings is 1. The molecule has 3 aromatic heterocycles. The maximum atomic E-state index is 12.6. The normalized spacial score (nSPS) is 17.8. The zero-order valence-electron chi connectivity index (χ0n) is 14.1. The van der Waals surface area contributed by atoms with Gasteiger partial charge in [0.25, 0.3) is 5.91 Å². The standard InChI is InChI=1S/C17H20N6O2/c1-21-15(10-22-7-5-18-12-22)19-20-16(21)13-3-2-6-23(9-13)17(24)14-4-8-25-11-14/h4-5,7-8,11-13H,2-3,6,9-10H2,1H3/t13-/m1/s1. The molecular weight excluding hydrogens is 320 g/mol. The molecule has 1 atom stereocenters. The molecule has 1 aliphatic rings. The van der Waals surface area contributed by atoms with Crippen molar-refractivity contribution in [3.8, 4) is 0 Å². The lowest BCUT2D eigenvalue weighted by Gasteiger charge is -2.32. The van der Waals surface area contributed by atoms with Gasteiger partial charge in [0, 0.05) is 38.4 Å². The minimum absolute atomic E-state index is 0.0132. The second-order valence-electron chi connectivity index (χ2n) is 6.37. The second kappa shape index (κ2) is 6.54. The molecule has 1 fully saturated rings. The van der Waals surface area contributed by atoms with Gasteiger partial charge in [-0.05, 0) is 18.9 Å². The first kappa shape index (κ1) is 15.6. The van der Waals surface area contributed by atoms with E-state index in [1.54, 1.807) is 18.6 Å². The summed E-state index contributed by atoms with van der Waals surface area (Å²) in [5.41, 5.74) is 0.597. The molecule has 0 saturated carbocycles. The summed E-state index contributed by atoms with van der Waals surface area (Å²) >= 11 is 0. The summed E-state index contributed by atoms with van der Waals surface area (Å²) < 4.78 is 9.03. The van der Waals surface area contributed by atoms with Crippen molar-refractivity contribution in [2.24, 2.45) is 7.05 Å². The number of amides is 1. The number of rotatable bonds is 4. The van der Waals surface area contributed by atoms with Crippen molar-refractivity contribution >= 4 is 5.91 Å². The van der Waals surface area contributed by atoms with E-state index in [0.717, 1.165) is 31.0 Å². The zero-order valence-corrected chi connectivity index (χ0v) is 14.1. The number of hydrogen-bond donors (Lipinski definition) is 0. The summed E-state index contributed by atoms with van der Waals surface area (Å²) in [5, 5.41) is 8.73. The first-order chi connectivity index (χ1) is 12.2. The molecule has 8 heteroatoms. The number of hydrogen-bond acceptors (Lipinski definition) is 5. The Morgan fingerprint density at radius 2 is 2.32 bits per heavy atom. The van der Waals surface area contributed by atoms with Gasteiger partial charge >= 0.3 is 0 Å². The van der Waals surface area contributed by atoms with Gasteiger partial charge in [0.1, 0.15) is 12.1 Å². The van der Waals surface area contributed by atoms with E-state index in [4.69, 9.17) is 4.42 Å². The molecule has 0 radical (unpaired) electrons. The summed E-state index contributed by atoms with van der Waals surface area (Å²) in [6.45, 7) is 2.05. The average molecular weight is 340 g/mol. The number of aromatic nitrogens is 5. The highest BCUT2D eigenvalue weighted by Crippen LogP contribution is 2.27. The molecule has 4 rings (SSSR count). The van der Waals surface area contributed by atoms with Crippen molar-refractivity contribution in [3.63, 3.8) is 0 Å². The third kappa shape index (κ3) is 3.07. The van der Waals surface area contributed by atoms with Crippen LogP contribution in [0.4, 0.5) is 0 Å². The lowest BCUT2D eigenvalue weighted by molar-refractivity contribution is 0.0702. The minimum atomic E-state index is 0.0132. The average Bonchev–Trinajstić information content (AvgIpc) is 3.38. The Morgan fingerprint density at radius 1 is 1.40 bits per heavy atom. The Hall–Kier alpha value is -2.90. The van der Waals surface area contributed by atoms with Gasteiger partial charge in [0.2, 0.25) is 0 Å². The molecule has 8 nitrogen and oxygen atoms in total. The van der Waals surface area contributed by atoms with Crippen molar-refractivity contribution in [1.82, 2.24) is 29.2 Å². The second-order valence-corrected chi connectivity index (χ2v) is 6.37. The molecule has 1 aliphatic heterocycles. The fourth-order valence-electron chi connectivity index (χ4n) is 3.35. The summed E-state index contributed by atoms with van der Waals surface area (Å²) in [6.07, 6.45) is 10.4. The van der Waals surface area contributed by atoms with E-state index in [2.05, 4.69) is 15.2 Å². The number of furan rings is 1. The Labute approximate surface area is 145 Å². The highest BCUT2D eigenvalue weighted by molar-refractivity contribution is 5.93. The highest BCUT2D eigenvalue weighted by atomic mass is 16.3. The molecule has 1 amide bonds. The fourth-order valence-corrected chi connectivity index (χ4v) is 3.35. The van der Waals surface area contributed by atoms with Crippen LogP contribution >= 0.6 is 0 Å². The van der Waals surface area contributed by atoms with Crippen LogP contribution in [0.1, 0.15) is 40.8 Å². The number of piperidine rings is 1. The van der Waals surface area contributed by atoms with Gasteiger partial charge in [-0.25, -0.2) is 4.98 Å². The van der Waals surface area contributed by atoms with E-state index >= 15 is 0 Å². The fraction of sp³-hybridized carbons (Fsp3) is 0.412. The van der Waals surface area contributed by atoms with E-state index in [9.17, 15) is 4.79 Å².